The van der Waals surface area contributed by atoms with Gasteiger partial charge in [-0.2, -0.15) is 0 Å². The fourth-order valence-corrected chi connectivity index (χ4v) is 2.68. The van der Waals surface area contributed by atoms with Crippen LogP contribution in [-0.4, -0.2) is 11.4 Å². The highest BCUT2D eigenvalue weighted by Crippen LogP contribution is 2.34. The van der Waals surface area contributed by atoms with Crippen molar-refractivity contribution < 1.29 is 9.18 Å². The lowest BCUT2D eigenvalue weighted by atomic mass is 9.92. The second kappa shape index (κ2) is 3.87. The van der Waals surface area contributed by atoms with E-state index in [1.807, 2.05) is 0 Å². The molecule has 1 heterocycles. The van der Waals surface area contributed by atoms with Gasteiger partial charge in [0.05, 0.1) is 6.04 Å². The highest BCUT2D eigenvalue weighted by molar-refractivity contribution is 5.85. The highest BCUT2D eigenvalue weighted by atomic mass is 19.1. The summed E-state index contributed by atoms with van der Waals surface area (Å²) in [4.78, 5) is 13.9. The predicted octanol–water partition coefficient (Wildman–Crippen LogP) is 2.43. The smallest absolute Gasteiger partial charge is 0.207 e. The van der Waals surface area contributed by atoms with E-state index in [-0.39, 0.29) is 11.9 Å². The molecule has 4 heteroatoms. The van der Waals surface area contributed by atoms with Crippen LogP contribution in [0.4, 0.5) is 4.39 Å². The van der Waals surface area contributed by atoms with Crippen LogP contribution in [-0.2, 0) is 11.2 Å². The van der Waals surface area contributed by atoms with E-state index in [0.717, 1.165) is 47.8 Å². The summed E-state index contributed by atoms with van der Waals surface area (Å²) in [6.07, 6.45) is 3.62. The molecule has 17 heavy (non-hydrogen) atoms. The summed E-state index contributed by atoms with van der Waals surface area (Å²) in [5, 5.41) is 3.75. The first kappa shape index (κ1) is 10.3. The quantitative estimate of drug-likeness (QED) is 0.767. The van der Waals surface area contributed by atoms with E-state index in [4.69, 9.17) is 0 Å². The molecule has 2 N–H and O–H groups in total. The van der Waals surface area contributed by atoms with Gasteiger partial charge in [0, 0.05) is 16.6 Å². The number of aryl methyl sites for hydroxylation is 1. The van der Waals surface area contributed by atoms with E-state index < -0.39 is 0 Å². The molecule has 1 aromatic heterocycles. The lowest BCUT2D eigenvalue weighted by Gasteiger charge is -2.21. The molecule has 1 aliphatic carbocycles. The van der Waals surface area contributed by atoms with Gasteiger partial charge in [-0.15, -0.1) is 0 Å². The van der Waals surface area contributed by atoms with Gasteiger partial charge >= 0.3 is 0 Å². The molecule has 0 saturated carbocycles. The lowest BCUT2D eigenvalue weighted by Crippen LogP contribution is -2.23. The fourth-order valence-electron chi connectivity index (χ4n) is 2.68. The lowest BCUT2D eigenvalue weighted by molar-refractivity contribution is -0.110. The second-order valence-electron chi connectivity index (χ2n) is 4.44. The summed E-state index contributed by atoms with van der Waals surface area (Å²) in [6.45, 7) is 0. The Morgan fingerprint density at radius 3 is 3.18 bits per heavy atom. The Kier molecular flexibility index (Phi) is 2.35. The maximum atomic E-state index is 13.2. The maximum Gasteiger partial charge on any atom is 0.207 e. The van der Waals surface area contributed by atoms with Crippen LogP contribution < -0.4 is 5.32 Å². The van der Waals surface area contributed by atoms with Crippen LogP contribution in [0.2, 0.25) is 0 Å². The first-order chi connectivity index (χ1) is 8.29. The summed E-state index contributed by atoms with van der Waals surface area (Å²) in [5.41, 5.74) is 3.12. The molecule has 2 aromatic rings. The van der Waals surface area contributed by atoms with Crippen LogP contribution in [0.3, 0.4) is 0 Å². The molecule has 0 radical (unpaired) electrons. The molecule has 0 unspecified atom stereocenters. The Balaban J connectivity index is 2.18. The molecule has 1 aromatic carbocycles. The topological polar surface area (TPSA) is 44.9 Å². The van der Waals surface area contributed by atoms with Crippen molar-refractivity contribution in [2.45, 2.75) is 25.3 Å². The number of rotatable bonds is 2. The van der Waals surface area contributed by atoms with E-state index >= 15 is 0 Å². The number of benzene rings is 1. The van der Waals surface area contributed by atoms with E-state index in [9.17, 15) is 9.18 Å². The largest absolute Gasteiger partial charge is 0.356 e. The molecular weight excluding hydrogens is 219 g/mol. The minimum atomic E-state index is -0.218. The SMILES string of the molecule is O=CN[C@@H]1CCCc2c1[nH]c1ccc(F)cc21. The van der Waals surface area contributed by atoms with Crippen LogP contribution in [0, 0.1) is 5.82 Å². The van der Waals surface area contributed by atoms with Crippen LogP contribution >= 0.6 is 0 Å². The summed E-state index contributed by atoms with van der Waals surface area (Å²) in [7, 11) is 0. The Labute approximate surface area is 98.0 Å². The van der Waals surface area contributed by atoms with Gasteiger partial charge in [-0.25, -0.2) is 4.39 Å². The minimum absolute atomic E-state index is 0.0340. The van der Waals surface area contributed by atoms with E-state index in [0.29, 0.717) is 0 Å². The molecule has 0 spiro atoms. The molecule has 1 atom stereocenters. The van der Waals surface area contributed by atoms with Crippen LogP contribution in [0.5, 0.6) is 0 Å². The van der Waals surface area contributed by atoms with E-state index in [2.05, 4.69) is 10.3 Å². The Hall–Kier alpha value is -1.84. The average molecular weight is 232 g/mol. The van der Waals surface area contributed by atoms with Crippen molar-refractivity contribution in [1.82, 2.24) is 10.3 Å². The van der Waals surface area contributed by atoms with Gasteiger partial charge in [-0.3, -0.25) is 4.79 Å². The van der Waals surface area contributed by atoms with Crippen molar-refractivity contribution in [3.05, 3.63) is 35.3 Å². The standard InChI is InChI=1S/C13H13FN2O/c14-8-4-5-11-10(6-8)9-2-1-3-12(15-7-17)13(9)16-11/h4-7,12,16H,1-3H2,(H,15,17)/t12-/m1/s1. The number of hydrogen-bond donors (Lipinski definition) is 2. The van der Waals surface area contributed by atoms with Crippen molar-refractivity contribution in [2.75, 3.05) is 0 Å². The van der Waals surface area contributed by atoms with E-state index in [1.54, 1.807) is 12.1 Å². The van der Waals surface area contributed by atoms with Crippen molar-refractivity contribution in [3.63, 3.8) is 0 Å². The molecule has 1 aliphatic rings. The second-order valence-corrected chi connectivity index (χ2v) is 4.44. The van der Waals surface area contributed by atoms with Gasteiger partial charge < -0.3 is 10.3 Å². The molecule has 0 fully saturated rings. The highest BCUT2D eigenvalue weighted by Gasteiger charge is 2.23. The normalized spacial score (nSPS) is 19.0. The number of H-pyrrole nitrogens is 1. The van der Waals surface area contributed by atoms with Gasteiger partial charge in [0.25, 0.3) is 0 Å². The number of hydrogen-bond acceptors (Lipinski definition) is 1. The Morgan fingerprint density at radius 1 is 1.47 bits per heavy atom. The van der Waals surface area contributed by atoms with Crippen molar-refractivity contribution in [1.29, 1.82) is 0 Å². The molecule has 0 bridgehead atoms. The number of aromatic amines is 1. The van der Waals surface area contributed by atoms with Crippen LogP contribution in [0.1, 0.15) is 30.1 Å². The average Bonchev–Trinajstić information content (AvgIpc) is 2.69. The van der Waals surface area contributed by atoms with Gasteiger partial charge in [0.15, 0.2) is 0 Å². The third-order valence-electron chi connectivity index (χ3n) is 3.44. The van der Waals surface area contributed by atoms with Crippen LogP contribution in [0.25, 0.3) is 10.9 Å². The third kappa shape index (κ3) is 1.60. The molecule has 1 amide bonds. The zero-order valence-electron chi connectivity index (χ0n) is 9.29. The molecule has 88 valence electrons. The van der Waals surface area contributed by atoms with Gasteiger partial charge in [0.1, 0.15) is 5.82 Å². The molecule has 3 rings (SSSR count). The number of fused-ring (bicyclic) bond motifs is 3. The summed E-state index contributed by atoms with van der Waals surface area (Å²) in [5.74, 6) is -0.218. The first-order valence-corrected chi connectivity index (χ1v) is 5.79. The molecular formula is C13H13FN2O. The number of carbonyl (C=O) groups excluding carboxylic acids is 1. The Bertz CT molecular complexity index is 576. The van der Waals surface area contributed by atoms with Gasteiger partial charge in [0.2, 0.25) is 6.41 Å². The summed E-state index contributed by atoms with van der Waals surface area (Å²) >= 11 is 0. The summed E-state index contributed by atoms with van der Waals surface area (Å²) in [6, 6.07) is 4.80. The molecule has 0 aliphatic heterocycles. The zero-order valence-corrected chi connectivity index (χ0v) is 9.29. The summed E-state index contributed by atoms with van der Waals surface area (Å²) < 4.78 is 13.2. The zero-order chi connectivity index (χ0) is 11.8. The number of amides is 1. The number of nitrogens with one attached hydrogen (secondary N) is 2. The maximum absolute atomic E-state index is 13.2. The van der Waals surface area contributed by atoms with E-state index in [1.165, 1.54) is 6.07 Å². The predicted molar refractivity (Wildman–Crippen MR) is 63.1 cm³/mol. The molecule has 3 nitrogen and oxygen atoms in total. The first-order valence-electron chi connectivity index (χ1n) is 5.79. The molecule has 0 saturated heterocycles. The number of carbonyl (C=O) groups is 1. The number of aromatic nitrogens is 1. The number of halogens is 1. The van der Waals surface area contributed by atoms with Gasteiger partial charge in [-0.1, -0.05) is 0 Å². The van der Waals surface area contributed by atoms with Crippen LogP contribution in [0.15, 0.2) is 18.2 Å². The van der Waals surface area contributed by atoms with Crippen molar-refractivity contribution in [2.24, 2.45) is 0 Å². The monoisotopic (exact) mass is 232 g/mol. The third-order valence-corrected chi connectivity index (χ3v) is 3.44. The van der Waals surface area contributed by atoms with Gasteiger partial charge in [-0.05, 0) is 43.0 Å². The Morgan fingerprint density at radius 2 is 2.35 bits per heavy atom. The fraction of sp³-hybridized carbons (Fsp3) is 0.308. The van der Waals surface area contributed by atoms with Crippen molar-refractivity contribution in [3.8, 4) is 0 Å². The minimum Gasteiger partial charge on any atom is -0.356 e. The van der Waals surface area contributed by atoms with Crippen molar-refractivity contribution >= 4 is 17.3 Å².